The first-order chi connectivity index (χ1) is 23.9. The molecule has 0 radical (unpaired) electrons. The van der Waals surface area contributed by atoms with Crippen LogP contribution in [0.5, 0.6) is 5.88 Å². The van der Waals surface area contributed by atoms with Crippen LogP contribution in [0.4, 0.5) is 0 Å². The minimum Gasteiger partial charge on any atom is -0.481 e. The van der Waals surface area contributed by atoms with Crippen LogP contribution in [0.3, 0.4) is 0 Å². The van der Waals surface area contributed by atoms with Crippen molar-refractivity contribution in [3.05, 3.63) is 88.3 Å². The van der Waals surface area contributed by atoms with E-state index in [1.165, 1.54) is 0 Å². The Morgan fingerprint density at radius 1 is 0.816 bits per heavy atom. The molecule has 5 aromatic rings. The van der Waals surface area contributed by atoms with Gasteiger partial charge in [0.25, 0.3) is 0 Å². The Morgan fingerprint density at radius 2 is 1.43 bits per heavy atom. The van der Waals surface area contributed by atoms with E-state index < -0.39 is 0 Å². The highest BCUT2D eigenvalue weighted by molar-refractivity contribution is 6.39. The largest absolute Gasteiger partial charge is 0.481 e. The molecule has 2 aliphatic heterocycles. The molecule has 252 valence electrons. The summed E-state index contributed by atoms with van der Waals surface area (Å²) in [6.45, 7) is 2.52. The van der Waals surface area contributed by atoms with Crippen LogP contribution in [0.15, 0.2) is 67.1 Å². The lowest BCUT2D eigenvalue weighted by Crippen LogP contribution is -2.35. The van der Waals surface area contributed by atoms with Crippen LogP contribution in [0.1, 0.15) is 36.8 Å². The second kappa shape index (κ2) is 14.5. The molecule has 2 amide bonds. The van der Waals surface area contributed by atoms with Crippen molar-refractivity contribution in [2.24, 2.45) is 0 Å². The molecular weight excluding hydrogens is 663 g/mol. The third kappa shape index (κ3) is 7.11. The van der Waals surface area contributed by atoms with Gasteiger partial charge in [0, 0.05) is 102 Å². The Balaban J connectivity index is 1.09. The summed E-state index contributed by atoms with van der Waals surface area (Å²) in [7, 11) is 1.60. The number of carbonyl (C=O) groups excluding carboxylic acids is 2. The lowest BCUT2D eigenvalue weighted by atomic mass is 9.97. The molecule has 2 saturated heterocycles. The predicted molar refractivity (Wildman–Crippen MR) is 189 cm³/mol. The van der Waals surface area contributed by atoms with Crippen LogP contribution < -0.4 is 26.0 Å². The Kier molecular flexibility index (Phi) is 9.77. The molecule has 0 saturated carbocycles. The van der Waals surface area contributed by atoms with Crippen molar-refractivity contribution in [2.75, 3.05) is 20.2 Å². The van der Waals surface area contributed by atoms with E-state index in [0.29, 0.717) is 60.6 Å². The molecule has 0 aliphatic carbocycles. The molecule has 0 bridgehead atoms. The maximum atomic E-state index is 11.5. The molecule has 2 aliphatic rings. The average molecular weight is 700 g/mol. The fourth-order valence-corrected chi connectivity index (χ4v) is 7.10. The van der Waals surface area contributed by atoms with E-state index in [2.05, 4.69) is 26.4 Å². The lowest BCUT2D eigenvalue weighted by Gasteiger charge is -2.15. The SMILES string of the molecule is COc1nc(-c2cccc(-c3cccc(-c4cnc5c(CNC[C@@H]6CCC(=O)N6)cnn5c4)c3Cl)c2Cl)ccc1CNC[C@H]1CCC(=O)N1. The van der Waals surface area contributed by atoms with Gasteiger partial charge in [-0.15, -0.1) is 0 Å². The molecule has 2 fully saturated rings. The van der Waals surface area contributed by atoms with Crippen LogP contribution >= 0.6 is 23.2 Å². The molecule has 2 atom stereocenters. The molecule has 7 rings (SSSR count). The summed E-state index contributed by atoms with van der Waals surface area (Å²) in [6, 6.07) is 15.9. The molecule has 0 spiro atoms. The van der Waals surface area contributed by atoms with Crippen LogP contribution in [0, 0.1) is 0 Å². The highest BCUT2D eigenvalue weighted by Crippen LogP contribution is 2.42. The fraction of sp³-hybridized carbons (Fsp3) is 0.306. The molecular formula is C36H36Cl2N8O3. The van der Waals surface area contributed by atoms with Crippen molar-refractivity contribution in [3.63, 3.8) is 0 Å². The van der Waals surface area contributed by atoms with Gasteiger partial charge in [-0.05, 0) is 18.9 Å². The van der Waals surface area contributed by atoms with Gasteiger partial charge in [-0.3, -0.25) is 9.59 Å². The zero-order chi connectivity index (χ0) is 33.9. The third-order valence-corrected chi connectivity index (χ3v) is 9.83. The minimum absolute atomic E-state index is 0.0995. The molecule has 0 unspecified atom stereocenters. The van der Waals surface area contributed by atoms with Gasteiger partial charge in [0.15, 0.2) is 5.65 Å². The van der Waals surface area contributed by atoms with Crippen molar-refractivity contribution in [1.82, 2.24) is 40.8 Å². The first-order valence-corrected chi connectivity index (χ1v) is 17.1. The number of rotatable bonds is 12. The van der Waals surface area contributed by atoms with Crippen molar-refractivity contribution < 1.29 is 14.3 Å². The standard InChI is InChI=1S/C36H36Cl2N8O3/c1-49-36-21(14-39-18-24-9-12-31(47)43-24)8-11-30(45-36)29-7-3-6-28(34(29)38)27-5-2-4-26(33(27)37)23-16-41-35-22(17-42-46(35)20-23)15-40-19-25-10-13-32(48)44-25/h2-8,11,16-17,20,24-25,39-40H,9-10,12-15,18-19H2,1H3,(H,43,47)(H,44,48)/t24-,25+/m1/s1. The van der Waals surface area contributed by atoms with Crippen LogP contribution in [0.2, 0.25) is 10.0 Å². The van der Waals surface area contributed by atoms with Gasteiger partial charge in [0.2, 0.25) is 17.7 Å². The molecule has 4 N–H and O–H groups in total. The second-order valence-electron chi connectivity index (χ2n) is 12.3. The number of hydrogen-bond donors (Lipinski definition) is 4. The van der Waals surface area contributed by atoms with E-state index in [0.717, 1.165) is 57.4 Å². The molecule has 11 nitrogen and oxygen atoms in total. The van der Waals surface area contributed by atoms with Crippen molar-refractivity contribution in [3.8, 4) is 39.4 Å². The zero-order valence-corrected chi connectivity index (χ0v) is 28.4. The minimum atomic E-state index is 0.0995. The lowest BCUT2D eigenvalue weighted by molar-refractivity contribution is -0.120. The number of ether oxygens (including phenoxy) is 1. The Hall–Kier alpha value is -4.55. The van der Waals surface area contributed by atoms with E-state index >= 15 is 0 Å². The van der Waals surface area contributed by atoms with Crippen molar-refractivity contribution >= 4 is 40.7 Å². The number of pyridine rings is 1. The highest BCUT2D eigenvalue weighted by Gasteiger charge is 2.22. The normalized spacial score (nSPS) is 17.4. The van der Waals surface area contributed by atoms with Crippen LogP contribution in [-0.4, -0.2) is 63.7 Å². The number of carbonyl (C=O) groups is 2. The topological polar surface area (TPSA) is 135 Å². The smallest absolute Gasteiger partial charge is 0.220 e. The van der Waals surface area contributed by atoms with Gasteiger partial charge in [-0.2, -0.15) is 5.10 Å². The van der Waals surface area contributed by atoms with Gasteiger partial charge in [0.05, 0.1) is 29.0 Å². The molecule has 2 aromatic carbocycles. The Bertz CT molecular complexity index is 2030. The van der Waals surface area contributed by atoms with Gasteiger partial charge in [0.1, 0.15) is 0 Å². The maximum absolute atomic E-state index is 11.5. The summed E-state index contributed by atoms with van der Waals surface area (Å²) in [5, 5.41) is 18.4. The number of nitrogens with one attached hydrogen (secondary N) is 4. The van der Waals surface area contributed by atoms with Crippen LogP contribution in [0.25, 0.3) is 39.2 Å². The van der Waals surface area contributed by atoms with Gasteiger partial charge >= 0.3 is 0 Å². The van der Waals surface area contributed by atoms with E-state index in [1.54, 1.807) is 24.0 Å². The second-order valence-corrected chi connectivity index (χ2v) is 13.1. The number of methoxy groups -OCH3 is 1. The predicted octanol–water partition coefficient (Wildman–Crippen LogP) is 5.18. The van der Waals surface area contributed by atoms with Gasteiger partial charge in [-0.1, -0.05) is 65.7 Å². The zero-order valence-electron chi connectivity index (χ0n) is 26.9. The van der Waals surface area contributed by atoms with Crippen LogP contribution in [-0.2, 0) is 22.7 Å². The molecule has 49 heavy (non-hydrogen) atoms. The molecule has 13 heteroatoms. The number of aromatic nitrogens is 4. The van der Waals surface area contributed by atoms with Gasteiger partial charge in [-0.25, -0.2) is 14.5 Å². The van der Waals surface area contributed by atoms with Crippen molar-refractivity contribution in [2.45, 2.75) is 50.9 Å². The maximum Gasteiger partial charge on any atom is 0.220 e. The number of fused-ring (bicyclic) bond motifs is 1. The monoisotopic (exact) mass is 698 g/mol. The Labute approximate surface area is 293 Å². The van der Waals surface area contributed by atoms with E-state index in [4.69, 9.17) is 37.9 Å². The number of benzene rings is 2. The molecule has 5 heterocycles. The van der Waals surface area contributed by atoms with E-state index in [1.807, 2.05) is 54.7 Å². The molecule has 3 aromatic heterocycles. The Morgan fingerprint density at radius 3 is 2.06 bits per heavy atom. The summed E-state index contributed by atoms with van der Waals surface area (Å²) >= 11 is 14.2. The average Bonchev–Trinajstić information content (AvgIpc) is 3.84. The summed E-state index contributed by atoms with van der Waals surface area (Å²) in [5.41, 5.74) is 7.22. The number of hydrogen-bond acceptors (Lipinski definition) is 8. The first kappa shape index (κ1) is 33.0. The summed E-state index contributed by atoms with van der Waals surface area (Å²) in [5.74, 6) is 0.711. The quantitative estimate of drug-likeness (QED) is 0.140. The van der Waals surface area contributed by atoms with E-state index in [-0.39, 0.29) is 23.9 Å². The first-order valence-electron chi connectivity index (χ1n) is 16.3. The van der Waals surface area contributed by atoms with E-state index in [9.17, 15) is 9.59 Å². The van der Waals surface area contributed by atoms with Gasteiger partial charge < -0.3 is 26.0 Å². The fourth-order valence-electron chi connectivity index (χ4n) is 6.44. The summed E-state index contributed by atoms with van der Waals surface area (Å²) < 4.78 is 7.40. The highest BCUT2D eigenvalue weighted by atomic mass is 35.5. The summed E-state index contributed by atoms with van der Waals surface area (Å²) in [6.07, 6.45) is 8.36. The number of halogens is 2. The summed E-state index contributed by atoms with van der Waals surface area (Å²) in [4.78, 5) is 32.5. The number of nitrogens with zero attached hydrogens (tertiary/aromatic N) is 4. The third-order valence-electron chi connectivity index (χ3n) is 9.02. The number of amides is 2. The van der Waals surface area contributed by atoms with Crippen molar-refractivity contribution in [1.29, 1.82) is 0 Å².